The van der Waals surface area contributed by atoms with E-state index in [-0.39, 0.29) is 0 Å². The molecular weight excluding hydrogens is 264 g/mol. The van der Waals surface area contributed by atoms with E-state index in [0.717, 1.165) is 17.1 Å². The molecule has 2 aromatic heterocycles. The fourth-order valence-electron chi connectivity index (χ4n) is 2.07. The number of tetrazole rings is 1. The lowest BCUT2D eigenvalue weighted by Crippen LogP contribution is -2.09. The maximum atomic E-state index is 9.13. The van der Waals surface area contributed by atoms with E-state index in [1.807, 2.05) is 36.4 Å². The Hall–Kier alpha value is -3.07. The van der Waals surface area contributed by atoms with E-state index in [0.29, 0.717) is 18.5 Å². The Kier molecular flexibility index (Phi) is 3.65. The summed E-state index contributed by atoms with van der Waals surface area (Å²) in [5, 5.41) is 20.9. The van der Waals surface area contributed by atoms with Crippen molar-refractivity contribution in [3.8, 4) is 6.07 Å². The van der Waals surface area contributed by atoms with Gasteiger partial charge in [0.2, 0.25) is 0 Å². The summed E-state index contributed by atoms with van der Waals surface area (Å²) < 4.78 is 1.70. The Bertz CT molecular complexity index is 772. The molecule has 3 aromatic rings. The van der Waals surface area contributed by atoms with Crippen LogP contribution in [-0.2, 0) is 13.0 Å². The van der Waals surface area contributed by atoms with Crippen molar-refractivity contribution in [3.63, 3.8) is 0 Å². The summed E-state index contributed by atoms with van der Waals surface area (Å²) in [6.45, 7) is 0.471. The molecule has 0 bridgehead atoms. The highest BCUT2D eigenvalue weighted by Crippen LogP contribution is 2.11. The zero-order chi connectivity index (χ0) is 14.5. The summed E-state index contributed by atoms with van der Waals surface area (Å²) in [5.41, 5.74) is 2.44. The van der Waals surface area contributed by atoms with Gasteiger partial charge >= 0.3 is 0 Å². The predicted octanol–water partition coefficient (Wildman–Crippen LogP) is 1.58. The highest BCUT2D eigenvalue weighted by atomic mass is 15.5. The Morgan fingerprint density at radius 1 is 1.10 bits per heavy atom. The molecule has 0 radical (unpaired) electrons. The highest BCUT2D eigenvalue weighted by Gasteiger charge is 2.10. The molecule has 0 aliphatic heterocycles. The average Bonchev–Trinajstić information content (AvgIpc) is 2.96. The normalized spacial score (nSPS) is 10.2. The van der Waals surface area contributed by atoms with Gasteiger partial charge in [-0.1, -0.05) is 24.3 Å². The molecule has 0 spiro atoms. The van der Waals surface area contributed by atoms with Crippen LogP contribution >= 0.6 is 0 Å². The minimum atomic E-state index is 0.471. The van der Waals surface area contributed by atoms with Crippen LogP contribution in [0.5, 0.6) is 0 Å². The first-order chi connectivity index (χ1) is 10.4. The van der Waals surface area contributed by atoms with Crippen LogP contribution in [0.4, 0.5) is 0 Å². The average molecular weight is 276 g/mol. The van der Waals surface area contributed by atoms with Crippen molar-refractivity contribution in [2.24, 2.45) is 0 Å². The number of hydrogen-bond donors (Lipinski definition) is 0. The molecule has 0 saturated heterocycles. The van der Waals surface area contributed by atoms with Gasteiger partial charge in [-0.25, -0.2) is 4.68 Å². The van der Waals surface area contributed by atoms with Gasteiger partial charge in [-0.15, -0.1) is 5.10 Å². The summed E-state index contributed by atoms with van der Waals surface area (Å²) in [6, 6.07) is 15.4. The minimum absolute atomic E-state index is 0.471. The molecule has 6 heteroatoms. The van der Waals surface area contributed by atoms with Gasteiger partial charge < -0.3 is 0 Å². The molecule has 21 heavy (non-hydrogen) atoms. The smallest absolute Gasteiger partial charge is 0.157 e. The maximum absolute atomic E-state index is 9.13. The van der Waals surface area contributed by atoms with Crippen LogP contribution in [0.3, 0.4) is 0 Å². The molecule has 0 unspecified atom stereocenters. The van der Waals surface area contributed by atoms with Crippen LogP contribution in [0.2, 0.25) is 0 Å². The van der Waals surface area contributed by atoms with Crippen molar-refractivity contribution in [2.75, 3.05) is 0 Å². The quantitative estimate of drug-likeness (QED) is 0.722. The van der Waals surface area contributed by atoms with E-state index in [9.17, 15) is 0 Å². The van der Waals surface area contributed by atoms with Crippen molar-refractivity contribution in [1.29, 1.82) is 5.26 Å². The first-order valence-electron chi connectivity index (χ1n) is 6.50. The summed E-state index contributed by atoms with van der Waals surface area (Å²) in [4.78, 5) is 4.27. The van der Waals surface area contributed by atoms with E-state index < -0.39 is 0 Å². The zero-order valence-electron chi connectivity index (χ0n) is 11.2. The second kappa shape index (κ2) is 5.92. The van der Waals surface area contributed by atoms with Crippen molar-refractivity contribution >= 4 is 0 Å². The van der Waals surface area contributed by atoms with Gasteiger partial charge in [-0.3, -0.25) is 4.98 Å². The third-order valence-electron chi connectivity index (χ3n) is 3.13. The molecule has 102 valence electrons. The standard InChI is InChI=1S/C15H12N6/c16-10-12-5-1-2-6-13(12)11-21-15(18-19-20-21)9-14-7-3-4-8-17-14/h1-8H,9,11H2. The van der Waals surface area contributed by atoms with Crippen molar-refractivity contribution in [1.82, 2.24) is 25.2 Å². The molecule has 0 saturated carbocycles. The summed E-state index contributed by atoms with van der Waals surface area (Å²) in [7, 11) is 0. The molecule has 0 aliphatic carbocycles. The van der Waals surface area contributed by atoms with Crippen LogP contribution in [0.1, 0.15) is 22.6 Å². The number of nitriles is 1. The molecule has 0 aliphatic rings. The molecule has 0 N–H and O–H groups in total. The number of pyridine rings is 1. The van der Waals surface area contributed by atoms with Crippen LogP contribution in [0, 0.1) is 11.3 Å². The minimum Gasteiger partial charge on any atom is -0.261 e. The Morgan fingerprint density at radius 3 is 2.76 bits per heavy atom. The monoisotopic (exact) mass is 276 g/mol. The first kappa shape index (κ1) is 12.9. The molecule has 2 heterocycles. The van der Waals surface area contributed by atoms with Gasteiger partial charge in [0.25, 0.3) is 0 Å². The lowest BCUT2D eigenvalue weighted by Gasteiger charge is -2.06. The second-order valence-electron chi connectivity index (χ2n) is 4.52. The maximum Gasteiger partial charge on any atom is 0.157 e. The molecule has 1 aromatic carbocycles. The number of aromatic nitrogens is 5. The van der Waals surface area contributed by atoms with Gasteiger partial charge in [0.1, 0.15) is 0 Å². The Morgan fingerprint density at radius 2 is 1.95 bits per heavy atom. The summed E-state index contributed by atoms with van der Waals surface area (Å²) in [6.07, 6.45) is 2.30. The van der Waals surface area contributed by atoms with Crippen LogP contribution in [0.15, 0.2) is 48.7 Å². The van der Waals surface area contributed by atoms with E-state index >= 15 is 0 Å². The van der Waals surface area contributed by atoms with Crippen molar-refractivity contribution in [2.45, 2.75) is 13.0 Å². The molecule has 0 atom stereocenters. The number of rotatable bonds is 4. The van der Waals surface area contributed by atoms with Gasteiger partial charge in [0, 0.05) is 11.9 Å². The molecular formula is C15H12N6. The number of nitrogens with zero attached hydrogens (tertiary/aromatic N) is 6. The fraction of sp³-hybridized carbons (Fsp3) is 0.133. The molecule has 3 rings (SSSR count). The Labute approximate surface area is 121 Å². The molecule has 0 amide bonds. The fourth-order valence-corrected chi connectivity index (χ4v) is 2.07. The predicted molar refractivity (Wildman–Crippen MR) is 75.1 cm³/mol. The van der Waals surface area contributed by atoms with Crippen molar-refractivity contribution < 1.29 is 0 Å². The van der Waals surface area contributed by atoms with E-state index in [1.54, 1.807) is 16.9 Å². The first-order valence-corrected chi connectivity index (χ1v) is 6.50. The van der Waals surface area contributed by atoms with Crippen LogP contribution in [-0.4, -0.2) is 25.2 Å². The van der Waals surface area contributed by atoms with Gasteiger partial charge in [-0.05, 0) is 34.2 Å². The molecule has 0 fully saturated rings. The van der Waals surface area contributed by atoms with Gasteiger partial charge in [-0.2, -0.15) is 5.26 Å². The third-order valence-corrected chi connectivity index (χ3v) is 3.13. The number of benzene rings is 1. The molecule has 6 nitrogen and oxygen atoms in total. The van der Waals surface area contributed by atoms with E-state index in [1.165, 1.54) is 0 Å². The summed E-state index contributed by atoms with van der Waals surface area (Å²) >= 11 is 0. The summed E-state index contributed by atoms with van der Waals surface area (Å²) in [5.74, 6) is 0.724. The van der Waals surface area contributed by atoms with Gasteiger partial charge in [0.05, 0.1) is 24.6 Å². The van der Waals surface area contributed by atoms with Gasteiger partial charge in [0.15, 0.2) is 5.82 Å². The van der Waals surface area contributed by atoms with E-state index in [2.05, 4.69) is 26.6 Å². The third kappa shape index (κ3) is 2.92. The topological polar surface area (TPSA) is 80.3 Å². The zero-order valence-corrected chi connectivity index (χ0v) is 11.2. The highest BCUT2D eigenvalue weighted by molar-refractivity contribution is 5.37. The van der Waals surface area contributed by atoms with Crippen LogP contribution < -0.4 is 0 Å². The van der Waals surface area contributed by atoms with E-state index in [4.69, 9.17) is 5.26 Å². The second-order valence-corrected chi connectivity index (χ2v) is 4.52. The van der Waals surface area contributed by atoms with Crippen LogP contribution in [0.25, 0.3) is 0 Å². The lowest BCUT2D eigenvalue weighted by molar-refractivity contribution is 0.623. The van der Waals surface area contributed by atoms with Crippen molar-refractivity contribution in [3.05, 3.63) is 71.3 Å². The Balaban J connectivity index is 1.85. The number of hydrogen-bond acceptors (Lipinski definition) is 5. The lowest BCUT2D eigenvalue weighted by atomic mass is 10.1. The largest absolute Gasteiger partial charge is 0.261 e. The SMILES string of the molecule is N#Cc1ccccc1Cn1nnnc1Cc1ccccn1.